The number of halogens is 2. The van der Waals surface area contributed by atoms with Gasteiger partial charge in [0.25, 0.3) is 0 Å². The van der Waals surface area contributed by atoms with Gasteiger partial charge in [-0.1, -0.05) is 51.3 Å². The van der Waals surface area contributed by atoms with Crippen LogP contribution in [0.25, 0.3) is 0 Å². The normalized spacial score (nSPS) is 12.2. The summed E-state index contributed by atoms with van der Waals surface area (Å²) in [6, 6.07) is 12.4. The van der Waals surface area contributed by atoms with E-state index < -0.39 is 0 Å². The quantitative estimate of drug-likeness (QED) is 0.808. The molecule has 0 fully saturated rings. The van der Waals surface area contributed by atoms with Crippen molar-refractivity contribution in [2.45, 2.75) is 19.4 Å². The van der Waals surface area contributed by atoms with Gasteiger partial charge in [-0.15, -0.1) is 0 Å². The summed E-state index contributed by atoms with van der Waals surface area (Å²) >= 11 is 9.77. The molecule has 1 N–H and O–H groups in total. The molecule has 0 heterocycles. The summed E-state index contributed by atoms with van der Waals surface area (Å²) in [6.45, 7) is 2.09. The van der Waals surface area contributed by atoms with E-state index in [1.54, 1.807) is 7.11 Å². The maximum atomic E-state index is 6.33. The Kier molecular flexibility index (Phi) is 5.68. The van der Waals surface area contributed by atoms with Crippen molar-refractivity contribution in [1.82, 2.24) is 5.32 Å². The van der Waals surface area contributed by atoms with Gasteiger partial charge in [-0.25, -0.2) is 0 Å². The van der Waals surface area contributed by atoms with Gasteiger partial charge in [0.15, 0.2) is 0 Å². The molecule has 0 saturated carbocycles. The van der Waals surface area contributed by atoms with Gasteiger partial charge in [-0.2, -0.15) is 0 Å². The van der Waals surface area contributed by atoms with Gasteiger partial charge in [0, 0.05) is 21.1 Å². The monoisotopic (exact) mass is 367 g/mol. The number of methoxy groups -OCH3 is 1. The molecular formula is C17H19BrClNO. The van der Waals surface area contributed by atoms with Crippen LogP contribution in [0.3, 0.4) is 0 Å². The Balaban J connectivity index is 2.34. The second-order valence-electron chi connectivity index (χ2n) is 5.03. The van der Waals surface area contributed by atoms with Crippen LogP contribution in [0.1, 0.15) is 22.7 Å². The number of likely N-dealkylation sites (N-methyl/N-ethyl adjacent to an activating group) is 1. The number of hydrogen-bond acceptors (Lipinski definition) is 2. The van der Waals surface area contributed by atoms with Gasteiger partial charge in [-0.3, -0.25) is 0 Å². The zero-order valence-corrected chi connectivity index (χ0v) is 14.8. The molecule has 0 bridgehead atoms. The second kappa shape index (κ2) is 7.30. The number of benzene rings is 2. The number of rotatable bonds is 5. The van der Waals surface area contributed by atoms with Crippen molar-refractivity contribution < 1.29 is 4.74 Å². The fourth-order valence-corrected chi connectivity index (χ4v) is 3.15. The van der Waals surface area contributed by atoms with Crippen molar-refractivity contribution in [2.75, 3.05) is 14.2 Å². The lowest BCUT2D eigenvalue weighted by Gasteiger charge is -2.20. The highest BCUT2D eigenvalue weighted by molar-refractivity contribution is 9.10. The molecule has 4 heteroatoms. The molecule has 0 aliphatic rings. The van der Waals surface area contributed by atoms with E-state index in [1.807, 2.05) is 25.2 Å². The van der Waals surface area contributed by atoms with Crippen LogP contribution in [0.15, 0.2) is 40.9 Å². The van der Waals surface area contributed by atoms with E-state index in [-0.39, 0.29) is 6.04 Å². The summed E-state index contributed by atoms with van der Waals surface area (Å²) in [4.78, 5) is 0. The van der Waals surface area contributed by atoms with Crippen LogP contribution in [0.5, 0.6) is 5.75 Å². The van der Waals surface area contributed by atoms with Crippen molar-refractivity contribution >= 4 is 27.5 Å². The number of ether oxygens (including phenoxy) is 1. The first-order chi connectivity index (χ1) is 10.0. The van der Waals surface area contributed by atoms with Crippen LogP contribution in [0, 0.1) is 6.92 Å². The van der Waals surface area contributed by atoms with E-state index in [1.165, 1.54) is 5.56 Å². The Morgan fingerprint density at radius 1 is 1.24 bits per heavy atom. The van der Waals surface area contributed by atoms with Gasteiger partial charge in [0.05, 0.1) is 7.11 Å². The average Bonchev–Trinajstić information content (AvgIpc) is 2.46. The summed E-state index contributed by atoms with van der Waals surface area (Å²) in [5, 5.41) is 4.13. The minimum Gasteiger partial charge on any atom is -0.496 e. The molecule has 2 rings (SSSR count). The van der Waals surface area contributed by atoms with E-state index in [0.717, 1.165) is 32.8 Å². The highest BCUT2D eigenvalue weighted by Gasteiger charge is 2.16. The summed E-state index contributed by atoms with van der Waals surface area (Å²) in [6.07, 6.45) is 0.808. The van der Waals surface area contributed by atoms with E-state index in [2.05, 4.69) is 46.4 Å². The third-order valence-electron chi connectivity index (χ3n) is 3.55. The summed E-state index contributed by atoms with van der Waals surface area (Å²) in [7, 11) is 3.66. The van der Waals surface area contributed by atoms with Gasteiger partial charge >= 0.3 is 0 Å². The largest absolute Gasteiger partial charge is 0.496 e. The molecule has 1 unspecified atom stereocenters. The molecule has 0 aliphatic heterocycles. The zero-order valence-electron chi connectivity index (χ0n) is 12.4. The van der Waals surface area contributed by atoms with Crippen LogP contribution in [-0.2, 0) is 6.42 Å². The Morgan fingerprint density at radius 3 is 2.62 bits per heavy atom. The molecule has 0 aliphatic carbocycles. The molecule has 1 atom stereocenters. The maximum Gasteiger partial charge on any atom is 0.123 e. The average molecular weight is 369 g/mol. The van der Waals surface area contributed by atoms with E-state index >= 15 is 0 Å². The van der Waals surface area contributed by atoms with Gasteiger partial charge < -0.3 is 10.1 Å². The van der Waals surface area contributed by atoms with Crippen LogP contribution in [0.2, 0.25) is 5.02 Å². The van der Waals surface area contributed by atoms with Crippen LogP contribution in [-0.4, -0.2) is 14.2 Å². The molecule has 2 aromatic rings. The topological polar surface area (TPSA) is 21.3 Å². The Bertz CT molecular complexity index is 630. The van der Waals surface area contributed by atoms with Crippen molar-refractivity contribution in [3.05, 3.63) is 62.6 Å². The summed E-state index contributed by atoms with van der Waals surface area (Å²) in [5.41, 5.74) is 3.48. The molecule has 2 aromatic carbocycles. The molecular weight excluding hydrogens is 350 g/mol. The Morgan fingerprint density at radius 2 is 2.00 bits per heavy atom. The second-order valence-corrected chi connectivity index (χ2v) is 6.35. The maximum absolute atomic E-state index is 6.33. The lowest BCUT2D eigenvalue weighted by atomic mass is 9.96. The highest BCUT2D eigenvalue weighted by Crippen LogP contribution is 2.31. The zero-order chi connectivity index (χ0) is 15.4. The fraction of sp³-hybridized carbons (Fsp3) is 0.294. The lowest BCUT2D eigenvalue weighted by molar-refractivity contribution is 0.401. The van der Waals surface area contributed by atoms with Crippen LogP contribution < -0.4 is 10.1 Å². The molecule has 2 nitrogen and oxygen atoms in total. The smallest absolute Gasteiger partial charge is 0.123 e. The van der Waals surface area contributed by atoms with Crippen LogP contribution >= 0.6 is 27.5 Å². The molecule has 0 spiro atoms. The number of nitrogens with one attached hydrogen (secondary N) is 1. The Labute approximate surface area is 139 Å². The first kappa shape index (κ1) is 16.3. The first-order valence-corrected chi connectivity index (χ1v) is 7.98. The molecule has 21 heavy (non-hydrogen) atoms. The predicted molar refractivity (Wildman–Crippen MR) is 92.4 cm³/mol. The summed E-state index contributed by atoms with van der Waals surface area (Å²) < 4.78 is 6.48. The molecule has 0 saturated heterocycles. The van der Waals surface area contributed by atoms with Gasteiger partial charge in [0.1, 0.15) is 5.75 Å². The third-order valence-corrected chi connectivity index (χ3v) is 4.39. The fourth-order valence-electron chi connectivity index (χ4n) is 2.40. The number of aryl methyl sites for hydroxylation is 1. The van der Waals surface area contributed by atoms with Crippen molar-refractivity contribution in [3.8, 4) is 5.75 Å². The molecule has 0 aromatic heterocycles. The minimum atomic E-state index is 0.151. The molecule has 112 valence electrons. The number of hydrogen-bond donors (Lipinski definition) is 1. The third kappa shape index (κ3) is 4.00. The van der Waals surface area contributed by atoms with E-state index in [9.17, 15) is 0 Å². The first-order valence-electron chi connectivity index (χ1n) is 6.81. The van der Waals surface area contributed by atoms with Crippen molar-refractivity contribution in [2.24, 2.45) is 0 Å². The SMILES string of the molecule is CNC(Cc1ccc(Br)cc1Cl)c1cc(C)ccc1OC. The van der Waals surface area contributed by atoms with Gasteiger partial charge in [0.2, 0.25) is 0 Å². The van der Waals surface area contributed by atoms with Crippen molar-refractivity contribution in [1.29, 1.82) is 0 Å². The molecule has 0 amide bonds. The van der Waals surface area contributed by atoms with Crippen molar-refractivity contribution in [3.63, 3.8) is 0 Å². The highest BCUT2D eigenvalue weighted by atomic mass is 79.9. The minimum absolute atomic E-state index is 0.151. The predicted octanol–water partition coefficient (Wildman–Crippen LogP) is 4.92. The summed E-state index contributed by atoms with van der Waals surface area (Å²) in [5.74, 6) is 0.896. The van der Waals surface area contributed by atoms with E-state index in [4.69, 9.17) is 16.3 Å². The lowest BCUT2D eigenvalue weighted by Crippen LogP contribution is -2.20. The Hall–Kier alpha value is -1.03. The molecule has 0 radical (unpaired) electrons. The van der Waals surface area contributed by atoms with Gasteiger partial charge in [-0.05, 0) is 44.2 Å². The van der Waals surface area contributed by atoms with Crippen LogP contribution in [0.4, 0.5) is 0 Å². The van der Waals surface area contributed by atoms with E-state index in [0.29, 0.717) is 0 Å². The standard InChI is InChI=1S/C17H19BrClNO/c1-11-4-7-17(21-3)14(8-11)16(20-2)9-12-5-6-13(18)10-15(12)19/h4-8,10,16,20H,9H2,1-3H3.